The third kappa shape index (κ3) is 2.46. The van der Waals surface area contributed by atoms with E-state index >= 15 is 0 Å². The first-order valence-corrected chi connectivity index (χ1v) is 7.14. The van der Waals surface area contributed by atoms with Crippen LogP contribution in [0.15, 0.2) is 54.6 Å². The average Bonchev–Trinajstić information content (AvgIpc) is 2.84. The smallest absolute Gasteiger partial charge is 0.230 e. The third-order valence-corrected chi connectivity index (χ3v) is 4.12. The van der Waals surface area contributed by atoms with Crippen LogP contribution in [0.5, 0.6) is 0 Å². The van der Waals surface area contributed by atoms with Crippen molar-refractivity contribution in [3.8, 4) is 0 Å². The number of hydrogen-bond acceptors (Lipinski definition) is 1. The Morgan fingerprint density at radius 2 is 1.75 bits per heavy atom. The second-order valence-electron chi connectivity index (χ2n) is 5.44. The molecule has 3 rings (SSSR count). The Morgan fingerprint density at radius 3 is 2.50 bits per heavy atom. The van der Waals surface area contributed by atoms with Gasteiger partial charge in [0.25, 0.3) is 0 Å². The van der Waals surface area contributed by atoms with Crippen molar-refractivity contribution < 1.29 is 4.79 Å². The molecule has 1 heterocycles. The summed E-state index contributed by atoms with van der Waals surface area (Å²) in [6, 6.07) is 18.4. The maximum Gasteiger partial charge on any atom is 0.230 e. The maximum atomic E-state index is 12.5. The molecule has 1 saturated heterocycles. The molecule has 0 saturated carbocycles. The number of aryl methyl sites for hydroxylation is 1. The maximum absolute atomic E-state index is 12.5. The number of likely N-dealkylation sites (tertiary alicyclic amines) is 1. The van der Waals surface area contributed by atoms with Crippen molar-refractivity contribution in [2.75, 3.05) is 6.54 Å². The summed E-state index contributed by atoms with van der Waals surface area (Å²) in [6.07, 6.45) is 0.925. The molecule has 1 fully saturated rings. The van der Waals surface area contributed by atoms with E-state index in [1.807, 2.05) is 35.2 Å². The van der Waals surface area contributed by atoms with Gasteiger partial charge in [-0.3, -0.25) is 4.79 Å². The second kappa shape index (κ2) is 5.49. The summed E-state index contributed by atoms with van der Waals surface area (Å²) >= 11 is 0. The molecule has 1 aliphatic heterocycles. The SMILES string of the molecule is Cc1ccccc1CN1CCC(c2ccccc2)C1=O. The lowest BCUT2D eigenvalue weighted by Gasteiger charge is -2.18. The predicted molar refractivity (Wildman–Crippen MR) is 80.4 cm³/mol. The fourth-order valence-electron chi connectivity index (χ4n) is 2.88. The van der Waals surface area contributed by atoms with Crippen molar-refractivity contribution in [1.29, 1.82) is 0 Å². The van der Waals surface area contributed by atoms with Crippen LogP contribution in [0.3, 0.4) is 0 Å². The highest BCUT2D eigenvalue weighted by Gasteiger charge is 2.32. The van der Waals surface area contributed by atoms with E-state index in [2.05, 4.69) is 31.2 Å². The third-order valence-electron chi connectivity index (χ3n) is 4.12. The number of benzene rings is 2. The lowest BCUT2D eigenvalue weighted by molar-refractivity contribution is -0.129. The van der Waals surface area contributed by atoms with Crippen LogP contribution in [0.2, 0.25) is 0 Å². The van der Waals surface area contributed by atoms with Crippen molar-refractivity contribution >= 4 is 5.91 Å². The molecule has 0 aliphatic carbocycles. The number of hydrogen-bond donors (Lipinski definition) is 0. The molecule has 1 amide bonds. The van der Waals surface area contributed by atoms with Gasteiger partial charge in [0.15, 0.2) is 0 Å². The molecule has 0 spiro atoms. The van der Waals surface area contributed by atoms with Crippen LogP contribution in [-0.4, -0.2) is 17.4 Å². The molecule has 2 heteroatoms. The summed E-state index contributed by atoms with van der Waals surface area (Å²) in [5.74, 6) is 0.305. The summed E-state index contributed by atoms with van der Waals surface area (Å²) in [5, 5.41) is 0. The van der Waals surface area contributed by atoms with Gasteiger partial charge >= 0.3 is 0 Å². The average molecular weight is 265 g/mol. The molecule has 0 bridgehead atoms. The van der Waals surface area contributed by atoms with Gasteiger partial charge in [0, 0.05) is 13.1 Å². The van der Waals surface area contributed by atoms with Gasteiger partial charge in [0.05, 0.1) is 5.92 Å². The highest BCUT2D eigenvalue weighted by molar-refractivity contribution is 5.85. The Balaban J connectivity index is 1.75. The number of carbonyl (C=O) groups excluding carboxylic acids is 1. The molecular weight excluding hydrogens is 246 g/mol. The van der Waals surface area contributed by atoms with Crippen molar-refractivity contribution in [3.63, 3.8) is 0 Å². The molecule has 1 atom stereocenters. The zero-order valence-corrected chi connectivity index (χ0v) is 11.8. The van der Waals surface area contributed by atoms with Crippen LogP contribution in [0.1, 0.15) is 29.0 Å². The second-order valence-corrected chi connectivity index (χ2v) is 5.44. The van der Waals surface area contributed by atoms with Gasteiger partial charge in [-0.15, -0.1) is 0 Å². The van der Waals surface area contributed by atoms with E-state index in [0.717, 1.165) is 25.1 Å². The monoisotopic (exact) mass is 265 g/mol. The van der Waals surface area contributed by atoms with Crippen LogP contribution in [-0.2, 0) is 11.3 Å². The molecule has 2 nitrogen and oxygen atoms in total. The van der Waals surface area contributed by atoms with Crippen LogP contribution in [0.4, 0.5) is 0 Å². The topological polar surface area (TPSA) is 20.3 Å². The highest BCUT2D eigenvalue weighted by atomic mass is 16.2. The summed E-state index contributed by atoms with van der Waals surface area (Å²) in [5.41, 5.74) is 3.64. The molecule has 2 aromatic rings. The van der Waals surface area contributed by atoms with E-state index < -0.39 is 0 Å². The van der Waals surface area contributed by atoms with E-state index in [0.29, 0.717) is 0 Å². The van der Waals surface area contributed by atoms with E-state index in [-0.39, 0.29) is 11.8 Å². The molecular formula is C18H19NO. The highest BCUT2D eigenvalue weighted by Crippen LogP contribution is 2.29. The van der Waals surface area contributed by atoms with E-state index in [1.165, 1.54) is 11.1 Å². The quantitative estimate of drug-likeness (QED) is 0.831. The van der Waals surface area contributed by atoms with Crippen LogP contribution in [0.25, 0.3) is 0 Å². The first-order valence-electron chi connectivity index (χ1n) is 7.14. The minimum absolute atomic E-state index is 0.0419. The van der Waals surface area contributed by atoms with E-state index in [9.17, 15) is 4.79 Å². The number of nitrogens with zero attached hydrogens (tertiary/aromatic N) is 1. The first-order chi connectivity index (χ1) is 9.75. The summed E-state index contributed by atoms with van der Waals surface area (Å²) in [7, 11) is 0. The lowest BCUT2D eigenvalue weighted by atomic mass is 9.98. The number of rotatable bonds is 3. The zero-order chi connectivity index (χ0) is 13.9. The Hall–Kier alpha value is -2.09. The van der Waals surface area contributed by atoms with Crippen LogP contribution in [0, 0.1) is 6.92 Å². The zero-order valence-electron chi connectivity index (χ0n) is 11.8. The standard InChI is InChI=1S/C18H19NO/c1-14-7-5-6-10-16(14)13-19-12-11-17(18(19)20)15-8-3-2-4-9-15/h2-10,17H,11-13H2,1H3. The van der Waals surface area contributed by atoms with Gasteiger partial charge in [-0.1, -0.05) is 54.6 Å². The van der Waals surface area contributed by atoms with Crippen molar-refractivity contribution in [1.82, 2.24) is 4.90 Å². The number of carbonyl (C=O) groups is 1. The van der Waals surface area contributed by atoms with E-state index in [1.54, 1.807) is 0 Å². The van der Waals surface area contributed by atoms with Gasteiger partial charge in [0.2, 0.25) is 5.91 Å². The minimum Gasteiger partial charge on any atom is -0.338 e. The first kappa shape index (κ1) is 12.9. The molecule has 0 N–H and O–H groups in total. The molecule has 20 heavy (non-hydrogen) atoms. The molecule has 1 aliphatic rings. The minimum atomic E-state index is 0.0419. The summed E-state index contributed by atoms with van der Waals surface area (Å²) in [4.78, 5) is 14.5. The van der Waals surface area contributed by atoms with Crippen molar-refractivity contribution in [3.05, 3.63) is 71.3 Å². The van der Waals surface area contributed by atoms with Gasteiger partial charge in [0.1, 0.15) is 0 Å². The van der Waals surface area contributed by atoms with Crippen LogP contribution < -0.4 is 0 Å². The Morgan fingerprint density at radius 1 is 1.05 bits per heavy atom. The van der Waals surface area contributed by atoms with E-state index in [4.69, 9.17) is 0 Å². The molecule has 0 aromatic heterocycles. The van der Waals surface area contributed by atoms with Crippen molar-refractivity contribution in [2.24, 2.45) is 0 Å². The Bertz CT molecular complexity index is 606. The van der Waals surface area contributed by atoms with Crippen LogP contribution >= 0.6 is 0 Å². The van der Waals surface area contributed by atoms with Gasteiger partial charge in [-0.25, -0.2) is 0 Å². The summed E-state index contributed by atoms with van der Waals surface area (Å²) < 4.78 is 0. The normalized spacial score (nSPS) is 18.6. The number of amides is 1. The summed E-state index contributed by atoms with van der Waals surface area (Å²) in [6.45, 7) is 3.69. The molecule has 102 valence electrons. The fourth-order valence-corrected chi connectivity index (χ4v) is 2.88. The lowest BCUT2D eigenvalue weighted by Crippen LogP contribution is -2.26. The van der Waals surface area contributed by atoms with Gasteiger partial charge in [-0.05, 0) is 30.0 Å². The fraction of sp³-hybridized carbons (Fsp3) is 0.278. The molecule has 1 unspecified atom stereocenters. The molecule has 2 aromatic carbocycles. The largest absolute Gasteiger partial charge is 0.338 e. The Labute approximate surface area is 120 Å². The Kier molecular flexibility index (Phi) is 3.55. The van der Waals surface area contributed by atoms with Gasteiger partial charge in [-0.2, -0.15) is 0 Å². The van der Waals surface area contributed by atoms with Crippen molar-refractivity contribution in [2.45, 2.75) is 25.8 Å². The van der Waals surface area contributed by atoms with Gasteiger partial charge < -0.3 is 4.90 Å². The predicted octanol–water partition coefficient (Wildman–Crippen LogP) is 3.51. The molecule has 0 radical (unpaired) electrons.